The fourth-order valence-corrected chi connectivity index (χ4v) is 3.74. The topological polar surface area (TPSA) is 105 Å². The fourth-order valence-electron chi connectivity index (χ4n) is 3.74. The van der Waals surface area contributed by atoms with Crippen molar-refractivity contribution in [2.45, 2.75) is 46.7 Å². The predicted octanol–water partition coefficient (Wildman–Crippen LogP) is 3.26. The molecule has 1 heterocycles. The van der Waals surface area contributed by atoms with Crippen molar-refractivity contribution < 1.29 is 33.3 Å². The second kappa shape index (κ2) is 10.9. The van der Waals surface area contributed by atoms with Crippen LogP contribution in [-0.2, 0) is 9.53 Å². The summed E-state index contributed by atoms with van der Waals surface area (Å²) in [5, 5.41) is 2.56. The predicted molar refractivity (Wildman–Crippen MR) is 123 cm³/mol. The van der Waals surface area contributed by atoms with E-state index in [2.05, 4.69) is 9.88 Å². The summed E-state index contributed by atoms with van der Waals surface area (Å²) in [6.45, 7) is 8.93. The van der Waals surface area contributed by atoms with Crippen molar-refractivity contribution in [1.29, 1.82) is 0 Å². The van der Waals surface area contributed by atoms with Crippen LogP contribution in [0.5, 0.6) is 17.2 Å². The first-order valence-corrected chi connectivity index (χ1v) is 10.5. The minimum atomic E-state index is -0.979. The lowest BCUT2D eigenvalue weighted by Crippen LogP contribution is -2.40. The van der Waals surface area contributed by atoms with Gasteiger partial charge in [-0.1, -0.05) is 0 Å². The van der Waals surface area contributed by atoms with Gasteiger partial charge in [0.05, 0.1) is 21.3 Å². The number of ketones is 1. The number of aromatic nitrogens is 1. The largest absolute Gasteiger partial charge is 0.493 e. The number of methoxy groups -OCH3 is 3. The quantitative estimate of drug-likeness (QED) is 0.429. The van der Waals surface area contributed by atoms with Crippen molar-refractivity contribution in [3.8, 4) is 17.2 Å². The Labute approximate surface area is 194 Å². The maximum atomic E-state index is 12.7. The smallest absolute Gasteiger partial charge is 0.328 e. The number of carbonyl (C=O) groups is 3. The molecule has 0 aliphatic heterocycles. The van der Waals surface area contributed by atoms with Gasteiger partial charge < -0.3 is 28.8 Å². The molecule has 0 fully saturated rings. The highest BCUT2D eigenvalue weighted by Crippen LogP contribution is 2.38. The normalized spacial score (nSPS) is 11.7. The van der Waals surface area contributed by atoms with E-state index in [1.165, 1.54) is 40.4 Å². The average Bonchev–Trinajstić information content (AvgIpc) is 3.09. The lowest BCUT2D eigenvalue weighted by atomic mass is 10.1. The van der Waals surface area contributed by atoms with Gasteiger partial charge in [0.25, 0.3) is 5.91 Å². The van der Waals surface area contributed by atoms with Gasteiger partial charge in [-0.25, -0.2) is 4.79 Å². The summed E-state index contributed by atoms with van der Waals surface area (Å²) in [5.74, 6) is -0.596. The summed E-state index contributed by atoms with van der Waals surface area (Å²) in [6.07, 6.45) is 0. The molecular formula is C24H32N2O7. The van der Waals surface area contributed by atoms with Crippen LogP contribution < -0.4 is 19.5 Å². The summed E-state index contributed by atoms with van der Waals surface area (Å²) < 4.78 is 23.0. The summed E-state index contributed by atoms with van der Waals surface area (Å²) >= 11 is 0. The van der Waals surface area contributed by atoms with Crippen molar-refractivity contribution in [2.24, 2.45) is 0 Å². The van der Waals surface area contributed by atoms with E-state index >= 15 is 0 Å². The van der Waals surface area contributed by atoms with Crippen molar-refractivity contribution in [2.75, 3.05) is 27.9 Å². The molecule has 1 aromatic carbocycles. The van der Waals surface area contributed by atoms with Crippen molar-refractivity contribution >= 4 is 17.7 Å². The summed E-state index contributed by atoms with van der Waals surface area (Å²) in [6, 6.07) is 3.97. The molecular weight excluding hydrogens is 428 g/mol. The van der Waals surface area contributed by atoms with Gasteiger partial charge in [-0.15, -0.1) is 0 Å². The SMILES string of the molecule is COc1cc(C(=O)NC(C)C(=O)OCC(=O)c2cc(C)n(C(C)C)c2C)cc(OC)c1OC. The third-order valence-corrected chi connectivity index (χ3v) is 5.27. The Balaban J connectivity index is 2.04. The van der Waals surface area contributed by atoms with Crippen molar-refractivity contribution in [3.05, 3.63) is 40.7 Å². The number of Topliss-reactive ketones (excluding diaryl/α,β-unsaturated/α-hetero) is 1. The molecule has 0 spiro atoms. The van der Waals surface area contributed by atoms with Gasteiger partial charge in [0.2, 0.25) is 11.5 Å². The van der Waals surface area contributed by atoms with E-state index in [4.69, 9.17) is 18.9 Å². The molecule has 1 unspecified atom stereocenters. The number of hydrogen-bond acceptors (Lipinski definition) is 7. The number of benzene rings is 1. The molecule has 0 saturated carbocycles. The Bertz CT molecular complexity index is 1010. The number of rotatable bonds is 10. The first kappa shape index (κ1) is 25.8. The molecule has 9 nitrogen and oxygen atoms in total. The van der Waals surface area contributed by atoms with Crippen LogP contribution in [0.4, 0.5) is 0 Å². The Morgan fingerprint density at radius 1 is 0.939 bits per heavy atom. The zero-order valence-electron chi connectivity index (χ0n) is 20.4. The monoisotopic (exact) mass is 460 g/mol. The highest BCUT2D eigenvalue weighted by atomic mass is 16.5. The van der Waals surface area contributed by atoms with Crippen LogP contribution in [0.3, 0.4) is 0 Å². The molecule has 9 heteroatoms. The number of esters is 1. The standard InChI is InChI=1S/C24H32N2O7/c1-13(2)26-14(3)9-18(16(26)5)19(27)12-33-24(29)15(4)25-23(28)17-10-20(30-6)22(32-8)21(11-17)31-7/h9-11,13,15H,12H2,1-8H3,(H,25,28). The molecule has 0 aliphatic carbocycles. The summed E-state index contributed by atoms with van der Waals surface area (Å²) in [5.41, 5.74) is 2.51. The summed E-state index contributed by atoms with van der Waals surface area (Å²) in [7, 11) is 4.34. The third kappa shape index (κ3) is 5.66. The van der Waals surface area contributed by atoms with Crippen LogP contribution in [-0.4, -0.2) is 56.2 Å². The lowest BCUT2D eigenvalue weighted by Gasteiger charge is -2.16. The number of hydrogen-bond donors (Lipinski definition) is 1. The lowest BCUT2D eigenvalue weighted by molar-refractivity contribution is -0.144. The van der Waals surface area contributed by atoms with Crippen LogP contribution in [0.15, 0.2) is 18.2 Å². The first-order valence-electron chi connectivity index (χ1n) is 10.5. The molecule has 0 aliphatic rings. The van der Waals surface area contributed by atoms with Gasteiger partial charge in [0.1, 0.15) is 6.04 Å². The number of nitrogens with one attached hydrogen (secondary N) is 1. The zero-order valence-corrected chi connectivity index (χ0v) is 20.4. The Kier molecular flexibility index (Phi) is 8.50. The Morgan fingerprint density at radius 3 is 1.97 bits per heavy atom. The second-order valence-electron chi connectivity index (χ2n) is 7.89. The zero-order chi connectivity index (χ0) is 24.9. The molecule has 0 bridgehead atoms. The molecule has 2 rings (SSSR count). The molecule has 1 aromatic heterocycles. The first-order chi connectivity index (χ1) is 15.5. The number of amides is 1. The van der Waals surface area contributed by atoms with E-state index in [0.29, 0.717) is 22.8 Å². The van der Waals surface area contributed by atoms with E-state index in [-0.39, 0.29) is 17.4 Å². The Morgan fingerprint density at radius 2 is 1.52 bits per heavy atom. The molecule has 1 N–H and O–H groups in total. The van der Waals surface area contributed by atoms with Crippen LogP contribution in [0.1, 0.15) is 58.9 Å². The molecule has 180 valence electrons. The number of nitrogens with zero attached hydrogens (tertiary/aromatic N) is 1. The van der Waals surface area contributed by atoms with Crippen molar-refractivity contribution in [3.63, 3.8) is 0 Å². The second-order valence-corrected chi connectivity index (χ2v) is 7.89. The number of carbonyl (C=O) groups excluding carboxylic acids is 3. The van der Waals surface area contributed by atoms with Crippen LogP contribution in [0.25, 0.3) is 0 Å². The minimum absolute atomic E-state index is 0.208. The van der Waals surface area contributed by atoms with E-state index in [0.717, 1.165) is 11.4 Å². The number of aryl methyl sites for hydroxylation is 1. The summed E-state index contributed by atoms with van der Waals surface area (Å²) in [4.78, 5) is 37.7. The highest BCUT2D eigenvalue weighted by Gasteiger charge is 2.23. The molecule has 0 radical (unpaired) electrons. The van der Waals surface area contributed by atoms with Crippen LogP contribution >= 0.6 is 0 Å². The van der Waals surface area contributed by atoms with Gasteiger partial charge in [-0.2, -0.15) is 0 Å². The minimum Gasteiger partial charge on any atom is -0.493 e. The van der Waals surface area contributed by atoms with E-state index < -0.39 is 24.5 Å². The van der Waals surface area contributed by atoms with E-state index in [9.17, 15) is 14.4 Å². The van der Waals surface area contributed by atoms with Crippen molar-refractivity contribution in [1.82, 2.24) is 9.88 Å². The highest BCUT2D eigenvalue weighted by molar-refractivity contribution is 6.00. The van der Waals surface area contributed by atoms with Gasteiger partial charge >= 0.3 is 5.97 Å². The van der Waals surface area contributed by atoms with Gasteiger partial charge in [0.15, 0.2) is 18.1 Å². The molecule has 0 saturated heterocycles. The average molecular weight is 461 g/mol. The van der Waals surface area contributed by atoms with E-state index in [1.54, 1.807) is 6.07 Å². The Hall–Kier alpha value is -3.49. The maximum absolute atomic E-state index is 12.7. The van der Waals surface area contributed by atoms with Crippen LogP contribution in [0, 0.1) is 13.8 Å². The van der Waals surface area contributed by atoms with Gasteiger partial charge in [-0.05, 0) is 52.8 Å². The molecule has 1 atom stereocenters. The molecule has 33 heavy (non-hydrogen) atoms. The molecule has 1 amide bonds. The van der Waals surface area contributed by atoms with E-state index in [1.807, 2.05) is 27.7 Å². The van der Waals surface area contributed by atoms with Gasteiger partial charge in [0, 0.05) is 28.6 Å². The van der Waals surface area contributed by atoms with Crippen LogP contribution in [0.2, 0.25) is 0 Å². The third-order valence-electron chi connectivity index (χ3n) is 5.27. The number of ether oxygens (including phenoxy) is 4. The maximum Gasteiger partial charge on any atom is 0.328 e. The fraction of sp³-hybridized carbons (Fsp3) is 0.458. The molecule has 2 aromatic rings. The van der Waals surface area contributed by atoms with Gasteiger partial charge in [-0.3, -0.25) is 9.59 Å².